The van der Waals surface area contributed by atoms with E-state index >= 15 is 0 Å². The molecule has 0 fully saturated rings. The van der Waals surface area contributed by atoms with E-state index < -0.39 is 0 Å². The van der Waals surface area contributed by atoms with Gasteiger partial charge in [-0.1, -0.05) is 24.6 Å². The molecule has 5 nitrogen and oxygen atoms in total. The van der Waals surface area contributed by atoms with Crippen molar-refractivity contribution in [3.63, 3.8) is 0 Å². The number of anilines is 2. The molecular formula is C17H21ClN4O. The van der Waals surface area contributed by atoms with Gasteiger partial charge in [0.05, 0.1) is 10.7 Å². The molecular weight excluding hydrogens is 312 g/mol. The Labute approximate surface area is 141 Å². The van der Waals surface area contributed by atoms with Crippen molar-refractivity contribution in [2.24, 2.45) is 0 Å². The summed E-state index contributed by atoms with van der Waals surface area (Å²) in [5.41, 5.74) is 2.80. The molecule has 23 heavy (non-hydrogen) atoms. The predicted molar refractivity (Wildman–Crippen MR) is 94.3 cm³/mol. The standard InChI is InChI=1S/C17H21ClN4O/c1-5-12(4)19-15-7-6-14(21-22-15)17(23)20-16-11(3)8-10(2)9-13(16)18/h6-9,12H,5H2,1-4H3,(H,19,22)(H,20,23). The van der Waals surface area contributed by atoms with Crippen LogP contribution in [0.3, 0.4) is 0 Å². The maximum Gasteiger partial charge on any atom is 0.276 e. The maximum atomic E-state index is 12.3. The van der Waals surface area contributed by atoms with E-state index in [1.54, 1.807) is 12.1 Å². The minimum absolute atomic E-state index is 0.246. The lowest BCUT2D eigenvalue weighted by Crippen LogP contribution is -2.18. The fourth-order valence-corrected chi connectivity index (χ4v) is 2.50. The van der Waals surface area contributed by atoms with Gasteiger partial charge in [0.1, 0.15) is 5.82 Å². The average Bonchev–Trinajstić information content (AvgIpc) is 2.51. The summed E-state index contributed by atoms with van der Waals surface area (Å²) in [5, 5.41) is 14.5. The van der Waals surface area contributed by atoms with E-state index in [4.69, 9.17) is 11.6 Å². The number of aromatic nitrogens is 2. The second kappa shape index (κ2) is 7.42. The summed E-state index contributed by atoms with van der Waals surface area (Å²) in [6.07, 6.45) is 0.981. The lowest BCUT2D eigenvalue weighted by Gasteiger charge is -2.12. The molecule has 0 aliphatic rings. The van der Waals surface area contributed by atoms with Gasteiger partial charge < -0.3 is 10.6 Å². The van der Waals surface area contributed by atoms with Crippen molar-refractivity contribution in [3.05, 3.63) is 46.1 Å². The van der Waals surface area contributed by atoms with Gasteiger partial charge in [0.15, 0.2) is 5.69 Å². The minimum Gasteiger partial charge on any atom is -0.366 e. The van der Waals surface area contributed by atoms with Crippen LogP contribution in [0.15, 0.2) is 24.3 Å². The summed E-state index contributed by atoms with van der Waals surface area (Å²) in [5.74, 6) is 0.321. The topological polar surface area (TPSA) is 66.9 Å². The zero-order valence-electron chi connectivity index (χ0n) is 13.8. The number of carbonyl (C=O) groups excluding carboxylic acids is 1. The Kier molecular flexibility index (Phi) is 5.55. The minimum atomic E-state index is -0.332. The third kappa shape index (κ3) is 4.42. The fourth-order valence-electron chi connectivity index (χ4n) is 2.14. The van der Waals surface area contributed by atoms with Crippen LogP contribution in [0, 0.1) is 13.8 Å². The van der Waals surface area contributed by atoms with E-state index in [0.29, 0.717) is 22.6 Å². The molecule has 1 unspecified atom stereocenters. The third-order valence-corrected chi connectivity index (χ3v) is 3.87. The third-order valence-electron chi connectivity index (χ3n) is 3.57. The summed E-state index contributed by atoms with van der Waals surface area (Å²) < 4.78 is 0. The normalized spacial score (nSPS) is 11.9. The lowest BCUT2D eigenvalue weighted by atomic mass is 10.1. The second-order valence-electron chi connectivity index (χ2n) is 5.65. The second-order valence-corrected chi connectivity index (χ2v) is 6.06. The number of aryl methyl sites for hydroxylation is 2. The Bertz CT molecular complexity index is 677. The molecule has 0 radical (unpaired) electrons. The molecule has 1 heterocycles. The number of amides is 1. The predicted octanol–water partition coefficient (Wildman–Crippen LogP) is 4.21. The molecule has 1 atom stereocenters. The molecule has 0 aliphatic carbocycles. The molecule has 122 valence electrons. The lowest BCUT2D eigenvalue weighted by molar-refractivity contribution is 0.102. The number of benzene rings is 1. The van der Waals surface area contributed by atoms with E-state index in [1.807, 2.05) is 26.0 Å². The smallest absolute Gasteiger partial charge is 0.276 e. The van der Waals surface area contributed by atoms with Crippen molar-refractivity contribution in [2.45, 2.75) is 40.2 Å². The van der Waals surface area contributed by atoms with Gasteiger partial charge in [-0.15, -0.1) is 10.2 Å². The van der Waals surface area contributed by atoms with E-state index in [1.165, 1.54) is 0 Å². The summed E-state index contributed by atoms with van der Waals surface area (Å²) in [6, 6.07) is 7.47. The SMILES string of the molecule is CCC(C)Nc1ccc(C(=O)Nc2c(C)cc(C)cc2Cl)nn1. The molecule has 0 saturated heterocycles. The number of rotatable bonds is 5. The van der Waals surface area contributed by atoms with Crippen LogP contribution in [0.2, 0.25) is 5.02 Å². The van der Waals surface area contributed by atoms with Crippen molar-refractivity contribution in [2.75, 3.05) is 10.6 Å². The molecule has 2 aromatic rings. The molecule has 2 N–H and O–H groups in total. The highest BCUT2D eigenvalue weighted by molar-refractivity contribution is 6.34. The highest BCUT2D eigenvalue weighted by atomic mass is 35.5. The first-order valence-corrected chi connectivity index (χ1v) is 7.97. The van der Waals surface area contributed by atoms with Gasteiger partial charge in [0, 0.05) is 6.04 Å². The Balaban J connectivity index is 2.12. The molecule has 1 aromatic carbocycles. The Morgan fingerprint density at radius 3 is 2.57 bits per heavy atom. The molecule has 0 saturated carbocycles. The van der Waals surface area contributed by atoms with Gasteiger partial charge in [-0.05, 0) is 56.5 Å². The zero-order valence-corrected chi connectivity index (χ0v) is 14.5. The summed E-state index contributed by atoms with van der Waals surface area (Å²) >= 11 is 6.20. The van der Waals surface area contributed by atoms with Crippen molar-refractivity contribution in [1.29, 1.82) is 0 Å². The Morgan fingerprint density at radius 1 is 1.26 bits per heavy atom. The van der Waals surface area contributed by atoms with Crippen molar-refractivity contribution >= 4 is 29.0 Å². The highest BCUT2D eigenvalue weighted by Crippen LogP contribution is 2.27. The van der Waals surface area contributed by atoms with Crippen LogP contribution in [0.1, 0.15) is 41.9 Å². The van der Waals surface area contributed by atoms with Crippen LogP contribution in [0.25, 0.3) is 0 Å². The molecule has 1 aromatic heterocycles. The average molecular weight is 333 g/mol. The number of nitrogens with one attached hydrogen (secondary N) is 2. The molecule has 0 aliphatic heterocycles. The molecule has 6 heteroatoms. The Morgan fingerprint density at radius 2 is 2.00 bits per heavy atom. The van der Waals surface area contributed by atoms with Gasteiger partial charge in [-0.2, -0.15) is 0 Å². The first kappa shape index (κ1) is 17.2. The quantitative estimate of drug-likeness (QED) is 0.860. The molecule has 2 rings (SSSR count). The number of halogens is 1. The molecule has 0 spiro atoms. The van der Waals surface area contributed by atoms with E-state index in [-0.39, 0.29) is 11.6 Å². The van der Waals surface area contributed by atoms with Crippen LogP contribution in [0.5, 0.6) is 0 Å². The summed E-state index contributed by atoms with van der Waals surface area (Å²) in [7, 11) is 0. The summed E-state index contributed by atoms with van der Waals surface area (Å²) in [6.45, 7) is 8.00. The highest BCUT2D eigenvalue weighted by Gasteiger charge is 2.13. The molecule has 0 bridgehead atoms. The zero-order chi connectivity index (χ0) is 17.0. The van der Waals surface area contributed by atoms with Crippen molar-refractivity contribution in [1.82, 2.24) is 10.2 Å². The summed E-state index contributed by atoms with van der Waals surface area (Å²) in [4.78, 5) is 12.3. The largest absolute Gasteiger partial charge is 0.366 e. The van der Waals surface area contributed by atoms with Crippen molar-refractivity contribution in [3.8, 4) is 0 Å². The fraction of sp³-hybridized carbons (Fsp3) is 0.353. The van der Waals surface area contributed by atoms with Gasteiger partial charge in [0.25, 0.3) is 5.91 Å². The first-order chi connectivity index (χ1) is 10.9. The van der Waals surface area contributed by atoms with Gasteiger partial charge in [0.2, 0.25) is 0 Å². The number of hydrogen-bond donors (Lipinski definition) is 2. The number of hydrogen-bond acceptors (Lipinski definition) is 4. The van der Waals surface area contributed by atoms with Crippen LogP contribution < -0.4 is 10.6 Å². The first-order valence-electron chi connectivity index (χ1n) is 7.59. The number of nitrogens with zero attached hydrogens (tertiary/aromatic N) is 2. The van der Waals surface area contributed by atoms with Crippen LogP contribution in [0.4, 0.5) is 11.5 Å². The van der Waals surface area contributed by atoms with Crippen LogP contribution in [-0.2, 0) is 0 Å². The van der Waals surface area contributed by atoms with Crippen LogP contribution >= 0.6 is 11.6 Å². The number of carbonyl (C=O) groups is 1. The van der Waals surface area contributed by atoms with E-state index in [0.717, 1.165) is 17.5 Å². The van der Waals surface area contributed by atoms with Gasteiger partial charge >= 0.3 is 0 Å². The van der Waals surface area contributed by atoms with Crippen LogP contribution in [-0.4, -0.2) is 22.1 Å². The van der Waals surface area contributed by atoms with E-state index in [9.17, 15) is 4.79 Å². The van der Waals surface area contributed by atoms with E-state index in [2.05, 4.69) is 34.7 Å². The monoisotopic (exact) mass is 332 g/mol. The van der Waals surface area contributed by atoms with Crippen molar-refractivity contribution < 1.29 is 4.79 Å². The van der Waals surface area contributed by atoms with Gasteiger partial charge in [-0.25, -0.2) is 0 Å². The Hall–Kier alpha value is -2.14. The van der Waals surface area contributed by atoms with Gasteiger partial charge in [-0.3, -0.25) is 4.79 Å². The molecule has 1 amide bonds. The maximum absolute atomic E-state index is 12.3.